The minimum absolute atomic E-state index is 0.0338. The second-order valence-corrected chi connectivity index (χ2v) is 8.02. The number of hydrogen-bond donors (Lipinski definition) is 1. The number of anilines is 2. The molecule has 0 radical (unpaired) electrons. The Kier molecular flexibility index (Phi) is 6.13. The molecule has 1 saturated carbocycles. The van der Waals surface area contributed by atoms with Crippen molar-refractivity contribution >= 4 is 23.2 Å². The normalized spacial score (nSPS) is 17.8. The van der Waals surface area contributed by atoms with Crippen LogP contribution >= 0.6 is 0 Å². The molecule has 1 N–H and O–H groups in total. The molecule has 5 nitrogen and oxygen atoms in total. The lowest BCUT2D eigenvalue weighted by Gasteiger charge is -2.36. The van der Waals surface area contributed by atoms with Crippen molar-refractivity contribution < 1.29 is 9.59 Å². The Morgan fingerprint density at radius 1 is 0.828 bits per heavy atom. The lowest BCUT2D eigenvalue weighted by Crippen LogP contribution is -2.48. The van der Waals surface area contributed by atoms with Crippen LogP contribution in [-0.2, 0) is 4.79 Å². The largest absolute Gasteiger partial charge is 0.368 e. The maximum Gasteiger partial charge on any atom is 0.254 e. The van der Waals surface area contributed by atoms with Gasteiger partial charge in [0.15, 0.2) is 0 Å². The third kappa shape index (κ3) is 4.78. The zero-order chi connectivity index (χ0) is 20.1. The van der Waals surface area contributed by atoms with Crippen LogP contribution in [-0.4, -0.2) is 42.9 Å². The summed E-state index contributed by atoms with van der Waals surface area (Å²) in [4.78, 5) is 29.7. The lowest BCUT2D eigenvalue weighted by molar-refractivity contribution is -0.120. The van der Waals surface area contributed by atoms with E-state index in [0.717, 1.165) is 38.8 Å². The van der Waals surface area contributed by atoms with E-state index in [1.165, 1.54) is 12.1 Å². The zero-order valence-corrected chi connectivity index (χ0v) is 16.8. The summed E-state index contributed by atoms with van der Waals surface area (Å²) < 4.78 is 0. The molecular formula is C24H29N3O2. The average molecular weight is 392 g/mol. The van der Waals surface area contributed by atoms with Gasteiger partial charge >= 0.3 is 0 Å². The Labute approximate surface area is 172 Å². The van der Waals surface area contributed by atoms with Gasteiger partial charge in [0.25, 0.3) is 5.91 Å². The summed E-state index contributed by atoms with van der Waals surface area (Å²) >= 11 is 0. The lowest BCUT2D eigenvalue weighted by atomic mass is 9.88. The van der Waals surface area contributed by atoms with Gasteiger partial charge in [-0.05, 0) is 43.2 Å². The highest BCUT2D eigenvalue weighted by Gasteiger charge is 2.24. The van der Waals surface area contributed by atoms with Gasteiger partial charge < -0.3 is 15.1 Å². The van der Waals surface area contributed by atoms with Crippen molar-refractivity contribution in [1.29, 1.82) is 0 Å². The summed E-state index contributed by atoms with van der Waals surface area (Å²) in [5, 5.41) is 3.02. The van der Waals surface area contributed by atoms with Crippen LogP contribution in [0.2, 0.25) is 0 Å². The number of nitrogens with one attached hydrogen (secondary N) is 1. The van der Waals surface area contributed by atoms with E-state index in [-0.39, 0.29) is 17.7 Å². The number of hydrogen-bond acceptors (Lipinski definition) is 3. The highest BCUT2D eigenvalue weighted by molar-refractivity contribution is 5.97. The Hall–Kier alpha value is -2.82. The van der Waals surface area contributed by atoms with Crippen LogP contribution in [0.15, 0.2) is 54.6 Å². The summed E-state index contributed by atoms with van der Waals surface area (Å²) in [6.07, 6.45) is 5.43. The minimum atomic E-state index is 0.0338. The van der Waals surface area contributed by atoms with Gasteiger partial charge in [-0.2, -0.15) is 0 Å². The molecule has 0 unspecified atom stereocenters. The molecule has 1 saturated heterocycles. The predicted octanol–water partition coefficient (Wildman–Crippen LogP) is 4.17. The van der Waals surface area contributed by atoms with Crippen molar-refractivity contribution in [3.05, 3.63) is 60.2 Å². The van der Waals surface area contributed by atoms with Gasteiger partial charge in [-0.1, -0.05) is 43.5 Å². The van der Waals surface area contributed by atoms with Gasteiger partial charge in [0, 0.05) is 49.0 Å². The molecule has 1 aliphatic carbocycles. The Morgan fingerprint density at radius 3 is 2.28 bits per heavy atom. The fourth-order valence-electron chi connectivity index (χ4n) is 4.33. The van der Waals surface area contributed by atoms with Crippen molar-refractivity contribution in [3.63, 3.8) is 0 Å². The van der Waals surface area contributed by atoms with Crippen LogP contribution < -0.4 is 10.2 Å². The van der Waals surface area contributed by atoms with Crippen LogP contribution in [0.4, 0.5) is 11.4 Å². The van der Waals surface area contributed by atoms with Crippen molar-refractivity contribution in [2.45, 2.75) is 32.1 Å². The highest BCUT2D eigenvalue weighted by atomic mass is 16.2. The number of benzene rings is 2. The van der Waals surface area contributed by atoms with Gasteiger partial charge in [-0.3, -0.25) is 9.59 Å². The van der Waals surface area contributed by atoms with E-state index in [2.05, 4.69) is 22.3 Å². The summed E-state index contributed by atoms with van der Waals surface area (Å²) in [6, 6.07) is 17.7. The first-order valence-electron chi connectivity index (χ1n) is 10.7. The third-order valence-corrected chi connectivity index (χ3v) is 6.04. The molecule has 152 valence electrons. The van der Waals surface area contributed by atoms with Crippen molar-refractivity contribution in [3.8, 4) is 0 Å². The number of carbonyl (C=O) groups excluding carboxylic acids is 2. The van der Waals surface area contributed by atoms with Crippen LogP contribution in [0.3, 0.4) is 0 Å². The maximum absolute atomic E-state index is 13.0. The Bertz CT molecular complexity index is 838. The van der Waals surface area contributed by atoms with Gasteiger partial charge in [0.2, 0.25) is 5.91 Å². The quantitative estimate of drug-likeness (QED) is 0.851. The third-order valence-electron chi connectivity index (χ3n) is 6.04. The van der Waals surface area contributed by atoms with Crippen LogP contribution in [0, 0.1) is 5.92 Å². The summed E-state index contributed by atoms with van der Waals surface area (Å²) in [6.45, 7) is 3.06. The molecule has 4 rings (SSSR count). The SMILES string of the molecule is O=C(Nc1cccc(C(=O)N2CCN(c3ccccc3)CC2)c1)C1CCCCC1. The number of piperazine rings is 1. The molecule has 0 aromatic heterocycles. The number of nitrogens with zero attached hydrogens (tertiary/aromatic N) is 2. The van der Waals surface area contributed by atoms with Gasteiger partial charge in [0.05, 0.1) is 0 Å². The first-order valence-corrected chi connectivity index (χ1v) is 10.7. The molecule has 5 heteroatoms. The van der Waals surface area contributed by atoms with Gasteiger partial charge in [-0.15, -0.1) is 0 Å². The molecule has 2 aromatic carbocycles. The molecule has 2 fully saturated rings. The van der Waals surface area contributed by atoms with E-state index in [9.17, 15) is 9.59 Å². The van der Waals surface area contributed by atoms with E-state index < -0.39 is 0 Å². The monoisotopic (exact) mass is 391 g/mol. The van der Waals surface area contributed by atoms with E-state index in [1.807, 2.05) is 47.4 Å². The number of carbonyl (C=O) groups is 2. The zero-order valence-electron chi connectivity index (χ0n) is 16.8. The van der Waals surface area contributed by atoms with Crippen LogP contribution in [0.25, 0.3) is 0 Å². The molecule has 1 aliphatic heterocycles. The van der Waals surface area contributed by atoms with Crippen molar-refractivity contribution in [2.75, 3.05) is 36.4 Å². The van der Waals surface area contributed by atoms with Gasteiger partial charge in [-0.25, -0.2) is 0 Å². The molecule has 2 aliphatic rings. The standard InChI is InChI=1S/C24H29N3O2/c28-23(19-8-3-1-4-9-19)25-21-11-7-10-20(18-21)24(29)27-16-14-26(15-17-27)22-12-5-2-6-13-22/h2,5-7,10-13,18-19H,1,3-4,8-9,14-17H2,(H,25,28). The van der Waals surface area contributed by atoms with E-state index in [4.69, 9.17) is 0 Å². The molecule has 29 heavy (non-hydrogen) atoms. The van der Waals surface area contributed by atoms with Crippen LogP contribution in [0.1, 0.15) is 42.5 Å². The molecule has 0 spiro atoms. The van der Waals surface area contributed by atoms with Crippen molar-refractivity contribution in [1.82, 2.24) is 4.90 Å². The summed E-state index contributed by atoms with van der Waals surface area (Å²) in [5.74, 6) is 0.228. The van der Waals surface area contributed by atoms with E-state index in [1.54, 1.807) is 0 Å². The van der Waals surface area contributed by atoms with Crippen molar-refractivity contribution in [2.24, 2.45) is 5.92 Å². The topological polar surface area (TPSA) is 52.7 Å². The van der Waals surface area contributed by atoms with E-state index in [0.29, 0.717) is 24.3 Å². The highest BCUT2D eigenvalue weighted by Crippen LogP contribution is 2.25. The predicted molar refractivity (Wildman–Crippen MR) is 116 cm³/mol. The summed E-state index contributed by atoms with van der Waals surface area (Å²) in [5.41, 5.74) is 2.56. The first-order chi connectivity index (χ1) is 14.2. The number of amides is 2. The van der Waals surface area contributed by atoms with Gasteiger partial charge in [0.1, 0.15) is 0 Å². The molecule has 2 amide bonds. The number of rotatable bonds is 4. The smallest absolute Gasteiger partial charge is 0.254 e. The van der Waals surface area contributed by atoms with Crippen LogP contribution in [0.5, 0.6) is 0 Å². The second-order valence-electron chi connectivity index (χ2n) is 8.02. The first kappa shape index (κ1) is 19.5. The number of para-hydroxylation sites is 1. The molecule has 0 bridgehead atoms. The average Bonchev–Trinajstić information content (AvgIpc) is 2.80. The minimum Gasteiger partial charge on any atom is -0.368 e. The Morgan fingerprint density at radius 2 is 1.55 bits per heavy atom. The fourth-order valence-corrected chi connectivity index (χ4v) is 4.33. The molecule has 1 heterocycles. The second kappa shape index (κ2) is 9.12. The summed E-state index contributed by atoms with van der Waals surface area (Å²) in [7, 11) is 0. The van der Waals surface area contributed by atoms with E-state index >= 15 is 0 Å². The molecular weight excluding hydrogens is 362 g/mol. The maximum atomic E-state index is 13.0. The molecule has 0 atom stereocenters. The molecule has 2 aromatic rings. The fraction of sp³-hybridized carbons (Fsp3) is 0.417. The Balaban J connectivity index is 1.35.